The molecule has 0 atom stereocenters. The van der Waals surface area contributed by atoms with Crippen molar-refractivity contribution >= 4 is 5.91 Å². The van der Waals surface area contributed by atoms with Gasteiger partial charge in [-0.25, -0.2) is 4.98 Å². The van der Waals surface area contributed by atoms with Crippen molar-refractivity contribution in [3.63, 3.8) is 0 Å². The van der Waals surface area contributed by atoms with Crippen LogP contribution in [0.25, 0.3) is 11.5 Å². The summed E-state index contributed by atoms with van der Waals surface area (Å²) in [5.74, 6) is 2.41. The molecule has 0 aliphatic rings. The van der Waals surface area contributed by atoms with Crippen molar-refractivity contribution < 1.29 is 18.7 Å². The van der Waals surface area contributed by atoms with Crippen molar-refractivity contribution in [2.45, 2.75) is 19.9 Å². The SMILES string of the molecule is COc1ccc(CNC(=O)Cc2nc(-c3ccccc3OC)oc2C)cc1. The zero-order valence-electron chi connectivity index (χ0n) is 15.6. The number of aryl methyl sites for hydroxylation is 1. The number of ether oxygens (including phenoxy) is 2. The molecule has 1 aromatic heterocycles. The number of benzene rings is 2. The first-order valence-electron chi connectivity index (χ1n) is 8.60. The van der Waals surface area contributed by atoms with Crippen LogP contribution in [-0.2, 0) is 17.8 Å². The van der Waals surface area contributed by atoms with E-state index in [1.165, 1.54) is 0 Å². The van der Waals surface area contributed by atoms with Gasteiger partial charge in [-0.15, -0.1) is 0 Å². The number of hydrogen-bond acceptors (Lipinski definition) is 5. The Hall–Kier alpha value is -3.28. The molecular weight excluding hydrogens is 344 g/mol. The van der Waals surface area contributed by atoms with Crippen LogP contribution in [0.15, 0.2) is 52.9 Å². The van der Waals surface area contributed by atoms with E-state index in [0.717, 1.165) is 16.9 Å². The van der Waals surface area contributed by atoms with Gasteiger partial charge < -0.3 is 19.2 Å². The van der Waals surface area contributed by atoms with E-state index in [4.69, 9.17) is 13.9 Å². The van der Waals surface area contributed by atoms with Crippen LogP contribution in [0, 0.1) is 6.92 Å². The molecule has 6 heteroatoms. The van der Waals surface area contributed by atoms with Gasteiger partial charge in [-0.05, 0) is 36.8 Å². The van der Waals surface area contributed by atoms with E-state index in [9.17, 15) is 4.79 Å². The average Bonchev–Trinajstić information content (AvgIpc) is 3.06. The lowest BCUT2D eigenvalue weighted by atomic mass is 10.2. The van der Waals surface area contributed by atoms with Crippen molar-refractivity contribution in [3.05, 3.63) is 65.5 Å². The molecule has 27 heavy (non-hydrogen) atoms. The van der Waals surface area contributed by atoms with Gasteiger partial charge in [0.05, 0.1) is 31.9 Å². The molecule has 3 aromatic rings. The highest BCUT2D eigenvalue weighted by atomic mass is 16.5. The summed E-state index contributed by atoms with van der Waals surface area (Å²) in [6.07, 6.45) is 0.153. The fraction of sp³-hybridized carbons (Fsp3) is 0.238. The van der Waals surface area contributed by atoms with E-state index in [2.05, 4.69) is 10.3 Å². The number of para-hydroxylation sites is 1. The average molecular weight is 366 g/mol. The second kappa shape index (κ2) is 8.40. The van der Waals surface area contributed by atoms with Crippen LogP contribution in [0.1, 0.15) is 17.0 Å². The smallest absolute Gasteiger partial charge is 0.230 e. The first kappa shape index (κ1) is 18.5. The summed E-state index contributed by atoms with van der Waals surface area (Å²) < 4.78 is 16.2. The predicted octanol–water partition coefficient (Wildman–Crippen LogP) is 3.53. The van der Waals surface area contributed by atoms with Gasteiger partial charge in [0.1, 0.15) is 17.3 Å². The molecule has 0 fully saturated rings. The second-order valence-electron chi connectivity index (χ2n) is 6.02. The Bertz CT molecular complexity index is 916. The minimum absolute atomic E-state index is 0.117. The van der Waals surface area contributed by atoms with Crippen LogP contribution in [0.2, 0.25) is 0 Å². The van der Waals surface area contributed by atoms with E-state index >= 15 is 0 Å². The Morgan fingerprint density at radius 3 is 2.52 bits per heavy atom. The Morgan fingerprint density at radius 2 is 1.81 bits per heavy atom. The van der Waals surface area contributed by atoms with Gasteiger partial charge >= 0.3 is 0 Å². The van der Waals surface area contributed by atoms with Gasteiger partial charge in [-0.1, -0.05) is 24.3 Å². The van der Waals surface area contributed by atoms with Crippen LogP contribution in [0.3, 0.4) is 0 Å². The van der Waals surface area contributed by atoms with Crippen LogP contribution in [0.5, 0.6) is 11.5 Å². The Balaban J connectivity index is 1.65. The van der Waals surface area contributed by atoms with Crippen LogP contribution < -0.4 is 14.8 Å². The van der Waals surface area contributed by atoms with Gasteiger partial charge in [-0.2, -0.15) is 0 Å². The van der Waals surface area contributed by atoms with Gasteiger partial charge in [0.25, 0.3) is 0 Å². The van der Waals surface area contributed by atoms with Gasteiger partial charge in [0.2, 0.25) is 11.8 Å². The number of carbonyl (C=O) groups is 1. The second-order valence-corrected chi connectivity index (χ2v) is 6.02. The molecule has 1 heterocycles. The summed E-state index contributed by atoms with van der Waals surface area (Å²) in [6.45, 7) is 2.25. The Labute approximate surface area is 158 Å². The topological polar surface area (TPSA) is 73.6 Å². The summed E-state index contributed by atoms with van der Waals surface area (Å²) in [5, 5.41) is 2.90. The summed E-state index contributed by atoms with van der Waals surface area (Å²) in [5.41, 5.74) is 2.37. The number of carbonyl (C=O) groups excluding carboxylic acids is 1. The molecule has 140 valence electrons. The third-order valence-electron chi connectivity index (χ3n) is 4.21. The highest BCUT2D eigenvalue weighted by molar-refractivity contribution is 5.78. The predicted molar refractivity (Wildman–Crippen MR) is 102 cm³/mol. The molecule has 1 N–H and O–H groups in total. The van der Waals surface area contributed by atoms with Gasteiger partial charge in [0.15, 0.2) is 0 Å². The van der Waals surface area contributed by atoms with E-state index < -0.39 is 0 Å². The lowest BCUT2D eigenvalue weighted by molar-refractivity contribution is -0.120. The molecule has 0 aliphatic carbocycles. The quantitative estimate of drug-likeness (QED) is 0.692. The number of aromatic nitrogens is 1. The van der Waals surface area contributed by atoms with E-state index in [0.29, 0.717) is 29.6 Å². The molecule has 2 aromatic carbocycles. The van der Waals surface area contributed by atoms with Crippen LogP contribution in [-0.4, -0.2) is 25.1 Å². The standard InChI is InChI=1S/C21H22N2O4/c1-14-18(23-21(27-14)17-6-4-5-7-19(17)26-3)12-20(24)22-13-15-8-10-16(25-2)11-9-15/h4-11H,12-13H2,1-3H3,(H,22,24). The molecule has 0 radical (unpaired) electrons. The molecule has 1 amide bonds. The molecule has 0 bridgehead atoms. The number of rotatable bonds is 7. The fourth-order valence-corrected chi connectivity index (χ4v) is 2.69. The monoisotopic (exact) mass is 366 g/mol. The van der Waals surface area contributed by atoms with Crippen LogP contribution in [0.4, 0.5) is 0 Å². The van der Waals surface area contributed by atoms with E-state index in [1.807, 2.05) is 48.5 Å². The molecule has 0 aliphatic heterocycles. The largest absolute Gasteiger partial charge is 0.497 e. The number of amides is 1. The van der Waals surface area contributed by atoms with E-state index in [1.54, 1.807) is 21.1 Å². The van der Waals surface area contributed by atoms with Crippen molar-refractivity contribution in [2.24, 2.45) is 0 Å². The summed E-state index contributed by atoms with van der Waals surface area (Å²) in [7, 11) is 3.22. The summed E-state index contributed by atoms with van der Waals surface area (Å²) in [4.78, 5) is 16.8. The molecule has 0 saturated heterocycles. The number of methoxy groups -OCH3 is 2. The van der Waals surface area contributed by atoms with Crippen molar-refractivity contribution in [1.82, 2.24) is 10.3 Å². The third kappa shape index (κ3) is 4.47. The normalized spacial score (nSPS) is 10.5. The first-order valence-corrected chi connectivity index (χ1v) is 8.60. The third-order valence-corrected chi connectivity index (χ3v) is 4.21. The Kier molecular flexibility index (Phi) is 5.76. The minimum Gasteiger partial charge on any atom is -0.497 e. The highest BCUT2D eigenvalue weighted by Crippen LogP contribution is 2.30. The molecular formula is C21H22N2O4. The summed E-state index contributed by atoms with van der Waals surface area (Å²) >= 11 is 0. The minimum atomic E-state index is -0.117. The number of nitrogens with one attached hydrogen (secondary N) is 1. The lowest BCUT2D eigenvalue weighted by Crippen LogP contribution is -2.24. The zero-order chi connectivity index (χ0) is 19.2. The van der Waals surface area contributed by atoms with Crippen molar-refractivity contribution in [1.29, 1.82) is 0 Å². The summed E-state index contributed by atoms with van der Waals surface area (Å²) in [6, 6.07) is 15.0. The fourth-order valence-electron chi connectivity index (χ4n) is 2.69. The van der Waals surface area contributed by atoms with Crippen LogP contribution >= 0.6 is 0 Å². The Morgan fingerprint density at radius 1 is 1.07 bits per heavy atom. The maximum Gasteiger partial charge on any atom is 0.230 e. The molecule has 0 spiro atoms. The highest BCUT2D eigenvalue weighted by Gasteiger charge is 2.17. The van der Waals surface area contributed by atoms with Gasteiger partial charge in [-0.3, -0.25) is 4.79 Å². The maximum absolute atomic E-state index is 12.3. The van der Waals surface area contributed by atoms with Crippen molar-refractivity contribution in [2.75, 3.05) is 14.2 Å². The first-order chi connectivity index (χ1) is 13.1. The lowest BCUT2D eigenvalue weighted by Gasteiger charge is -2.05. The molecule has 0 unspecified atom stereocenters. The molecule has 6 nitrogen and oxygen atoms in total. The maximum atomic E-state index is 12.3. The zero-order valence-corrected chi connectivity index (χ0v) is 15.6. The molecule has 0 saturated carbocycles. The number of nitrogens with zero attached hydrogens (tertiary/aromatic N) is 1. The number of hydrogen-bond donors (Lipinski definition) is 1. The van der Waals surface area contributed by atoms with Crippen molar-refractivity contribution in [3.8, 4) is 23.0 Å². The van der Waals surface area contributed by atoms with E-state index in [-0.39, 0.29) is 12.3 Å². The molecule has 3 rings (SSSR count). The number of oxazole rings is 1. The van der Waals surface area contributed by atoms with Gasteiger partial charge in [0, 0.05) is 6.54 Å².